The Balaban J connectivity index is 2.63. The van der Waals surface area contributed by atoms with Crippen LogP contribution in [0.2, 0.25) is 0 Å². The molecule has 0 saturated heterocycles. The Morgan fingerprint density at radius 1 is 1.75 bits per heavy atom. The molecule has 4 heteroatoms. The lowest BCUT2D eigenvalue weighted by Crippen LogP contribution is -2.19. The van der Waals surface area contributed by atoms with Crippen molar-refractivity contribution in [1.82, 2.24) is 15.1 Å². The summed E-state index contributed by atoms with van der Waals surface area (Å²) < 4.78 is 7.09. The molecule has 68 valence electrons. The minimum absolute atomic E-state index is 0.208. The normalized spacial score (nSPS) is 12.9. The molecule has 0 aliphatic heterocycles. The maximum atomic E-state index is 5.27. The molecule has 1 heterocycles. The summed E-state index contributed by atoms with van der Waals surface area (Å²) >= 11 is 0. The molecule has 0 amide bonds. The maximum Gasteiger partial charge on any atom is 0.157 e. The van der Waals surface area contributed by atoms with Gasteiger partial charge >= 0.3 is 0 Å². The van der Waals surface area contributed by atoms with E-state index in [1.807, 2.05) is 31.8 Å². The number of hydrogen-bond acceptors (Lipinski definition) is 3. The smallest absolute Gasteiger partial charge is 0.157 e. The summed E-state index contributed by atoms with van der Waals surface area (Å²) in [4.78, 5) is 0. The molecular weight excluding hydrogens is 154 g/mol. The summed E-state index contributed by atoms with van der Waals surface area (Å²) in [6.45, 7) is 4.67. The van der Waals surface area contributed by atoms with E-state index in [-0.39, 0.29) is 6.17 Å². The number of rotatable bonds is 4. The van der Waals surface area contributed by atoms with E-state index in [4.69, 9.17) is 4.74 Å². The highest BCUT2D eigenvalue weighted by Gasteiger charge is 2.03. The molecule has 0 aliphatic carbocycles. The van der Waals surface area contributed by atoms with E-state index in [2.05, 4.69) is 10.4 Å². The van der Waals surface area contributed by atoms with Crippen LogP contribution in [-0.4, -0.2) is 23.4 Å². The largest absolute Gasteiger partial charge is 0.491 e. The van der Waals surface area contributed by atoms with Gasteiger partial charge in [-0.1, -0.05) is 0 Å². The van der Waals surface area contributed by atoms with Gasteiger partial charge in [0.15, 0.2) is 5.75 Å². The summed E-state index contributed by atoms with van der Waals surface area (Å²) in [5.41, 5.74) is 0. The molecule has 12 heavy (non-hydrogen) atoms. The zero-order chi connectivity index (χ0) is 8.97. The van der Waals surface area contributed by atoms with E-state index in [9.17, 15) is 0 Å². The van der Waals surface area contributed by atoms with Crippen molar-refractivity contribution in [3.05, 3.63) is 12.4 Å². The van der Waals surface area contributed by atoms with Crippen molar-refractivity contribution in [3.8, 4) is 5.75 Å². The topological polar surface area (TPSA) is 39.1 Å². The summed E-state index contributed by atoms with van der Waals surface area (Å²) in [6, 6.07) is 0. The van der Waals surface area contributed by atoms with E-state index in [1.54, 1.807) is 6.20 Å². The van der Waals surface area contributed by atoms with E-state index < -0.39 is 0 Å². The number of ether oxygens (including phenoxy) is 1. The van der Waals surface area contributed by atoms with Crippen LogP contribution in [0.5, 0.6) is 5.75 Å². The Morgan fingerprint density at radius 3 is 3.08 bits per heavy atom. The highest BCUT2D eigenvalue weighted by molar-refractivity contribution is 5.11. The van der Waals surface area contributed by atoms with Crippen molar-refractivity contribution in [3.63, 3.8) is 0 Å². The van der Waals surface area contributed by atoms with Crippen molar-refractivity contribution in [2.75, 3.05) is 13.7 Å². The summed E-state index contributed by atoms with van der Waals surface area (Å²) in [5.74, 6) is 0.819. The monoisotopic (exact) mass is 169 g/mol. The minimum atomic E-state index is 0.208. The fourth-order valence-electron chi connectivity index (χ4n) is 0.906. The van der Waals surface area contributed by atoms with Gasteiger partial charge in [-0.05, 0) is 20.9 Å². The molecule has 0 fully saturated rings. The molecule has 1 atom stereocenters. The first-order chi connectivity index (χ1) is 5.77. The molecule has 0 saturated carbocycles. The lowest BCUT2D eigenvalue weighted by atomic mass is 10.5. The first kappa shape index (κ1) is 9.06. The lowest BCUT2D eigenvalue weighted by molar-refractivity contribution is 0.338. The number of hydrogen-bond donors (Lipinski definition) is 1. The van der Waals surface area contributed by atoms with Crippen LogP contribution >= 0.6 is 0 Å². The molecule has 0 aromatic carbocycles. The second-order valence-corrected chi connectivity index (χ2v) is 2.55. The van der Waals surface area contributed by atoms with Gasteiger partial charge in [-0.15, -0.1) is 0 Å². The molecule has 1 rings (SSSR count). The van der Waals surface area contributed by atoms with Crippen LogP contribution < -0.4 is 10.1 Å². The zero-order valence-electron chi connectivity index (χ0n) is 7.74. The second-order valence-electron chi connectivity index (χ2n) is 2.55. The Kier molecular flexibility index (Phi) is 3.10. The van der Waals surface area contributed by atoms with Crippen molar-refractivity contribution in [1.29, 1.82) is 0 Å². The van der Waals surface area contributed by atoms with Gasteiger partial charge in [-0.25, -0.2) is 0 Å². The summed E-state index contributed by atoms with van der Waals surface area (Å²) in [6.07, 6.45) is 3.81. The molecular formula is C8H15N3O. The average molecular weight is 169 g/mol. The van der Waals surface area contributed by atoms with Crippen LogP contribution in [0, 0.1) is 0 Å². The van der Waals surface area contributed by atoms with Gasteiger partial charge in [0, 0.05) is 0 Å². The van der Waals surface area contributed by atoms with Gasteiger partial charge in [0.05, 0.1) is 25.2 Å². The van der Waals surface area contributed by atoms with Gasteiger partial charge in [-0.3, -0.25) is 10.00 Å². The van der Waals surface area contributed by atoms with Crippen molar-refractivity contribution in [2.45, 2.75) is 20.0 Å². The van der Waals surface area contributed by atoms with Crippen molar-refractivity contribution < 1.29 is 4.74 Å². The zero-order valence-corrected chi connectivity index (χ0v) is 7.74. The Bertz CT molecular complexity index is 234. The third kappa shape index (κ3) is 1.98. The fraction of sp³-hybridized carbons (Fsp3) is 0.625. The van der Waals surface area contributed by atoms with Gasteiger partial charge < -0.3 is 4.74 Å². The van der Waals surface area contributed by atoms with E-state index in [0.717, 1.165) is 5.75 Å². The Labute approximate surface area is 72.5 Å². The van der Waals surface area contributed by atoms with Gasteiger partial charge in [0.25, 0.3) is 0 Å². The highest BCUT2D eigenvalue weighted by atomic mass is 16.5. The van der Waals surface area contributed by atoms with Crippen LogP contribution in [0.4, 0.5) is 0 Å². The highest BCUT2D eigenvalue weighted by Crippen LogP contribution is 2.10. The van der Waals surface area contributed by atoms with Gasteiger partial charge in [0.1, 0.15) is 0 Å². The lowest BCUT2D eigenvalue weighted by Gasteiger charge is -2.09. The molecule has 0 spiro atoms. The maximum absolute atomic E-state index is 5.27. The third-order valence-corrected chi connectivity index (χ3v) is 1.70. The van der Waals surface area contributed by atoms with Crippen LogP contribution in [0.15, 0.2) is 12.4 Å². The van der Waals surface area contributed by atoms with Crippen molar-refractivity contribution in [2.24, 2.45) is 0 Å². The molecule has 0 aliphatic rings. The predicted molar refractivity (Wildman–Crippen MR) is 47.2 cm³/mol. The Hall–Kier alpha value is -1.03. The fourth-order valence-corrected chi connectivity index (χ4v) is 0.906. The first-order valence-corrected chi connectivity index (χ1v) is 4.12. The number of aromatic nitrogens is 2. The SMILES string of the molecule is CCOc1cnn(C(C)NC)c1. The Morgan fingerprint density at radius 2 is 2.50 bits per heavy atom. The molecule has 1 N–H and O–H groups in total. The van der Waals surface area contributed by atoms with Crippen LogP contribution in [-0.2, 0) is 0 Å². The molecule has 1 unspecified atom stereocenters. The van der Waals surface area contributed by atoms with Crippen molar-refractivity contribution >= 4 is 0 Å². The van der Waals surface area contributed by atoms with E-state index in [1.165, 1.54) is 0 Å². The minimum Gasteiger partial charge on any atom is -0.491 e. The van der Waals surface area contributed by atoms with E-state index in [0.29, 0.717) is 6.61 Å². The van der Waals surface area contributed by atoms with Crippen LogP contribution in [0.1, 0.15) is 20.0 Å². The second kappa shape index (κ2) is 4.11. The number of nitrogens with zero attached hydrogens (tertiary/aromatic N) is 2. The summed E-state index contributed by atoms with van der Waals surface area (Å²) in [7, 11) is 1.90. The number of nitrogens with one attached hydrogen (secondary N) is 1. The van der Waals surface area contributed by atoms with E-state index >= 15 is 0 Å². The average Bonchev–Trinajstić information content (AvgIpc) is 2.52. The standard InChI is InChI=1S/C8H15N3O/c1-4-12-8-5-10-11(6-8)7(2)9-3/h5-7,9H,4H2,1-3H3. The summed E-state index contributed by atoms with van der Waals surface area (Å²) in [5, 5.41) is 7.22. The molecule has 0 bridgehead atoms. The molecule has 1 aromatic heterocycles. The van der Waals surface area contributed by atoms with Gasteiger partial charge in [0.2, 0.25) is 0 Å². The molecule has 1 aromatic rings. The van der Waals surface area contributed by atoms with Crippen LogP contribution in [0.3, 0.4) is 0 Å². The van der Waals surface area contributed by atoms with Gasteiger partial charge in [-0.2, -0.15) is 5.10 Å². The third-order valence-electron chi connectivity index (χ3n) is 1.70. The van der Waals surface area contributed by atoms with Crippen LogP contribution in [0.25, 0.3) is 0 Å². The first-order valence-electron chi connectivity index (χ1n) is 4.12. The molecule has 0 radical (unpaired) electrons. The molecule has 4 nitrogen and oxygen atoms in total. The quantitative estimate of drug-likeness (QED) is 0.731. The predicted octanol–water partition coefficient (Wildman–Crippen LogP) is 1.02.